The topological polar surface area (TPSA) is 84.7 Å². The highest BCUT2D eigenvalue weighted by atomic mass is 35.5. The molecule has 3 aromatic carbocycles. The molecule has 1 fully saturated rings. The maximum Gasteiger partial charge on any atom is 0.347 e. The summed E-state index contributed by atoms with van der Waals surface area (Å²) in [6, 6.07) is 12.6. The molecule has 1 amide bonds. The Labute approximate surface area is 245 Å². The van der Waals surface area contributed by atoms with Crippen molar-refractivity contribution in [2.24, 2.45) is 0 Å². The van der Waals surface area contributed by atoms with Gasteiger partial charge in [0.1, 0.15) is 17.2 Å². The summed E-state index contributed by atoms with van der Waals surface area (Å²) in [6.45, 7) is 3.99. The quantitative estimate of drug-likeness (QED) is 0.235. The third-order valence-corrected chi connectivity index (χ3v) is 7.90. The minimum atomic E-state index is -1.62. The summed E-state index contributed by atoms with van der Waals surface area (Å²) in [7, 11) is 0. The zero-order chi connectivity index (χ0) is 30.4. The van der Waals surface area contributed by atoms with Crippen molar-refractivity contribution >= 4 is 40.2 Å². The van der Waals surface area contributed by atoms with Crippen molar-refractivity contribution in [1.29, 1.82) is 0 Å². The number of aliphatic carboxylic acids is 1. The number of carboxylic acid groups (broad SMARTS) is 1. The van der Waals surface area contributed by atoms with Gasteiger partial charge >= 0.3 is 5.97 Å². The summed E-state index contributed by atoms with van der Waals surface area (Å²) < 4.78 is 52.3. The standard InChI is InChI=1S/C31H29ClF3N3O4/c1-18(39)37(26-12-11-21(15-24(26)35)42-30(2,3)29(40)41)31(13-5-4-6-14-31)38-27-17-23(34)22(33)16-25(27)36-28(38)19-7-9-20(32)10-8-19/h7-12,15-17H,4-6,13-14H2,1-3H3,(H,40,41). The maximum absolute atomic E-state index is 15.9. The molecule has 11 heteroatoms. The molecule has 0 atom stereocenters. The van der Waals surface area contributed by atoms with Crippen LogP contribution in [0.1, 0.15) is 52.9 Å². The number of carbonyl (C=O) groups is 2. The number of benzene rings is 3. The van der Waals surface area contributed by atoms with Crippen molar-refractivity contribution in [2.75, 3.05) is 4.90 Å². The lowest BCUT2D eigenvalue weighted by molar-refractivity contribution is -0.152. The van der Waals surface area contributed by atoms with Crippen molar-refractivity contribution in [3.8, 4) is 17.1 Å². The molecule has 1 aliphatic rings. The van der Waals surface area contributed by atoms with Crippen LogP contribution in [-0.4, -0.2) is 32.1 Å². The van der Waals surface area contributed by atoms with Crippen LogP contribution >= 0.6 is 11.6 Å². The van der Waals surface area contributed by atoms with Gasteiger partial charge in [-0.25, -0.2) is 22.9 Å². The smallest absolute Gasteiger partial charge is 0.347 e. The fraction of sp³-hybridized carbons (Fsp3) is 0.323. The molecule has 7 nitrogen and oxygen atoms in total. The van der Waals surface area contributed by atoms with Crippen LogP contribution in [0.3, 0.4) is 0 Å². The average Bonchev–Trinajstić information content (AvgIpc) is 3.29. The third-order valence-electron chi connectivity index (χ3n) is 7.65. The van der Waals surface area contributed by atoms with Gasteiger partial charge in [-0.05, 0) is 75.9 Å². The number of rotatable bonds is 7. The molecule has 1 aromatic heterocycles. The third kappa shape index (κ3) is 5.19. The summed E-state index contributed by atoms with van der Waals surface area (Å²) in [5.41, 5.74) is -1.94. The number of aromatic nitrogens is 2. The van der Waals surface area contributed by atoms with Crippen molar-refractivity contribution < 1.29 is 32.6 Å². The van der Waals surface area contributed by atoms with E-state index in [4.69, 9.17) is 16.3 Å². The number of fused-ring (bicyclic) bond motifs is 1. The van der Waals surface area contributed by atoms with E-state index in [0.717, 1.165) is 24.6 Å². The first-order valence-electron chi connectivity index (χ1n) is 13.5. The molecule has 0 spiro atoms. The van der Waals surface area contributed by atoms with Crippen molar-refractivity contribution in [3.05, 3.63) is 77.1 Å². The fourth-order valence-electron chi connectivity index (χ4n) is 5.71. The number of halogens is 4. The Morgan fingerprint density at radius 1 is 0.976 bits per heavy atom. The molecule has 0 bridgehead atoms. The molecule has 1 N–H and O–H groups in total. The SMILES string of the molecule is CC(=O)N(c1ccc(OC(C)(C)C(=O)O)cc1F)C1(n2c(-c3ccc(Cl)cc3)nc3cc(F)c(F)cc32)CCCCC1. The maximum atomic E-state index is 15.9. The van der Waals surface area contributed by atoms with Crippen molar-refractivity contribution in [2.45, 2.75) is 64.1 Å². The van der Waals surface area contributed by atoms with Crippen LogP contribution in [0, 0.1) is 17.5 Å². The predicted molar refractivity (Wildman–Crippen MR) is 153 cm³/mol. The van der Waals surface area contributed by atoms with E-state index in [-0.39, 0.29) is 22.5 Å². The molecule has 1 saturated carbocycles. The Hall–Kier alpha value is -4.05. The summed E-state index contributed by atoms with van der Waals surface area (Å²) >= 11 is 6.13. The second-order valence-electron chi connectivity index (χ2n) is 11.0. The van der Waals surface area contributed by atoms with Gasteiger partial charge in [-0.15, -0.1) is 0 Å². The van der Waals surface area contributed by atoms with Crippen LogP contribution in [0.2, 0.25) is 5.02 Å². The monoisotopic (exact) mass is 599 g/mol. The summed E-state index contributed by atoms with van der Waals surface area (Å²) in [5.74, 6) is -4.38. The lowest BCUT2D eigenvalue weighted by Crippen LogP contribution is -2.55. The highest BCUT2D eigenvalue weighted by Gasteiger charge is 2.46. The van der Waals surface area contributed by atoms with E-state index >= 15 is 4.39 Å². The molecule has 5 rings (SSSR count). The first kappa shape index (κ1) is 29.4. The summed E-state index contributed by atoms with van der Waals surface area (Å²) in [5, 5.41) is 9.90. The van der Waals surface area contributed by atoms with Crippen LogP contribution < -0.4 is 9.64 Å². The van der Waals surface area contributed by atoms with E-state index < -0.39 is 40.6 Å². The number of nitrogens with zero attached hydrogens (tertiary/aromatic N) is 3. The Kier molecular flexibility index (Phi) is 7.70. The van der Waals surface area contributed by atoms with Gasteiger partial charge < -0.3 is 9.84 Å². The van der Waals surface area contributed by atoms with Gasteiger partial charge in [-0.3, -0.25) is 14.3 Å². The molecule has 1 aliphatic carbocycles. The first-order valence-corrected chi connectivity index (χ1v) is 13.9. The molecule has 1 heterocycles. The predicted octanol–water partition coefficient (Wildman–Crippen LogP) is 7.69. The van der Waals surface area contributed by atoms with Crippen LogP contribution in [-0.2, 0) is 15.3 Å². The molecule has 42 heavy (non-hydrogen) atoms. The molecular weight excluding hydrogens is 571 g/mol. The molecule has 0 aliphatic heterocycles. The fourth-order valence-corrected chi connectivity index (χ4v) is 5.84. The molecule has 0 unspecified atom stereocenters. The van der Waals surface area contributed by atoms with E-state index in [9.17, 15) is 23.5 Å². The molecule has 0 radical (unpaired) electrons. The number of carboxylic acids is 1. The van der Waals surface area contributed by atoms with Crippen LogP contribution in [0.4, 0.5) is 18.9 Å². The molecule has 0 saturated heterocycles. The number of hydrogen-bond acceptors (Lipinski definition) is 4. The van der Waals surface area contributed by atoms with Crippen LogP contribution in [0.15, 0.2) is 54.6 Å². The average molecular weight is 600 g/mol. The van der Waals surface area contributed by atoms with E-state index in [1.165, 1.54) is 37.8 Å². The second kappa shape index (κ2) is 11.0. The minimum absolute atomic E-state index is 0.0303. The second-order valence-corrected chi connectivity index (χ2v) is 11.4. The molecule has 220 valence electrons. The minimum Gasteiger partial charge on any atom is -0.478 e. The Morgan fingerprint density at radius 2 is 1.62 bits per heavy atom. The van der Waals surface area contributed by atoms with Gasteiger partial charge in [0.05, 0.1) is 16.7 Å². The zero-order valence-electron chi connectivity index (χ0n) is 23.3. The first-order chi connectivity index (χ1) is 19.8. The van der Waals surface area contributed by atoms with Crippen molar-refractivity contribution in [3.63, 3.8) is 0 Å². The number of amides is 1. The van der Waals surface area contributed by atoms with Crippen LogP contribution in [0.5, 0.6) is 5.75 Å². The van der Waals surface area contributed by atoms with Gasteiger partial charge in [0, 0.05) is 35.7 Å². The van der Waals surface area contributed by atoms with E-state index in [1.807, 2.05) is 0 Å². The van der Waals surface area contributed by atoms with Gasteiger partial charge in [-0.1, -0.05) is 18.0 Å². The normalized spacial score (nSPS) is 15.0. The summed E-state index contributed by atoms with van der Waals surface area (Å²) in [4.78, 5) is 31.1. The van der Waals surface area contributed by atoms with Crippen LogP contribution in [0.25, 0.3) is 22.4 Å². The van der Waals surface area contributed by atoms with Gasteiger partial charge in [0.2, 0.25) is 5.91 Å². The van der Waals surface area contributed by atoms with E-state index in [2.05, 4.69) is 4.98 Å². The van der Waals surface area contributed by atoms with E-state index in [0.29, 0.717) is 42.1 Å². The highest BCUT2D eigenvalue weighted by molar-refractivity contribution is 6.30. The highest BCUT2D eigenvalue weighted by Crippen LogP contribution is 2.46. The number of hydrogen-bond donors (Lipinski definition) is 1. The van der Waals surface area contributed by atoms with Gasteiger partial charge in [-0.2, -0.15) is 0 Å². The molecule has 4 aromatic rings. The Bertz CT molecular complexity index is 1680. The number of imidazole rings is 1. The lowest BCUT2D eigenvalue weighted by atomic mass is 9.85. The summed E-state index contributed by atoms with van der Waals surface area (Å²) in [6.07, 6.45) is 2.95. The van der Waals surface area contributed by atoms with E-state index in [1.54, 1.807) is 28.8 Å². The number of carbonyl (C=O) groups excluding carboxylic acids is 1. The number of ether oxygens (including phenoxy) is 1. The number of anilines is 1. The Morgan fingerprint density at radius 3 is 2.21 bits per heavy atom. The van der Waals surface area contributed by atoms with Gasteiger partial charge in [0.15, 0.2) is 23.1 Å². The molecular formula is C31H29ClF3N3O4. The zero-order valence-corrected chi connectivity index (χ0v) is 24.0. The van der Waals surface area contributed by atoms with Gasteiger partial charge in [0.25, 0.3) is 0 Å². The largest absolute Gasteiger partial charge is 0.478 e. The van der Waals surface area contributed by atoms with Crippen molar-refractivity contribution in [1.82, 2.24) is 9.55 Å². The lowest BCUT2D eigenvalue weighted by Gasteiger charge is -2.48. The Balaban J connectivity index is 1.76.